The van der Waals surface area contributed by atoms with E-state index >= 15 is 0 Å². The molecule has 4 heteroatoms. The Morgan fingerprint density at radius 3 is 2.40 bits per heavy atom. The molecule has 0 aromatic heterocycles. The van der Waals surface area contributed by atoms with Crippen LogP contribution in [-0.2, 0) is 14.3 Å². The van der Waals surface area contributed by atoms with Crippen LogP contribution in [0.4, 0.5) is 0 Å². The van der Waals surface area contributed by atoms with Gasteiger partial charge in [-0.15, -0.1) is 0 Å². The molecule has 0 aliphatic carbocycles. The molecule has 1 aliphatic rings. The normalized spacial score (nSPS) is 27.4. The monoisotopic (exact) mass is 285 g/mol. The van der Waals surface area contributed by atoms with E-state index in [9.17, 15) is 4.79 Å². The predicted octanol–water partition coefficient (Wildman–Crippen LogP) is 2.71. The maximum Gasteiger partial charge on any atom is 0.320 e. The third-order valence-electron chi connectivity index (χ3n) is 3.61. The summed E-state index contributed by atoms with van der Waals surface area (Å²) in [6.45, 7) is 9.09. The Kier molecular flexibility index (Phi) is 6.96. The lowest BCUT2D eigenvalue weighted by molar-refractivity contribution is -0.166. The van der Waals surface area contributed by atoms with Crippen LogP contribution in [0.5, 0.6) is 0 Å². The van der Waals surface area contributed by atoms with E-state index in [0.717, 1.165) is 19.3 Å². The Balaban J connectivity index is 2.57. The van der Waals surface area contributed by atoms with Crippen molar-refractivity contribution in [2.75, 3.05) is 20.6 Å². The van der Waals surface area contributed by atoms with Gasteiger partial charge in [0.1, 0.15) is 6.10 Å². The molecule has 118 valence electrons. The molecule has 1 saturated heterocycles. The Labute approximate surface area is 123 Å². The molecule has 1 rings (SSSR count). The van der Waals surface area contributed by atoms with E-state index in [1.165, 1.54) is 0 Å². The molecule has 4 nitrogen and oxygen atoms in total. The fourth-order valence-electron chi connectivity index (χ4n) is 2.69. The average molecular weight is 285 g/mol. The van der Waals surface area contributed by atoms with Gasteiger partial charge in [0.25, 0.3) is 0 Å². The smallest absolute Gasteiger partial charge is 0.320 e. The second-order valence-electron chi connectivity index (χ2n) is 6.99. The third-order valence-corrected chi connectivity index (χ3v) is 3.61. The number of ether oxygens (including phenoxy) is 2. The van der Waals surface area contributed by atoms with E-state index in [4.69, 9.17) is 9.47 Å². The zero-order chi connectivity index (χ0) is 15.3. The van der Waals surface area contributed by atoms with Gasteiger partial charge in [0, 0.05) is 12.8 Å². The van der Waals surface area contributed by atoms with Gasteiger partial charge in [-0.3, -0.25) is 9.69 Å². The molecule has 0 amide bonds. The van der Waals surface area contributed by atoms with Gasteiger partial charge in [0.05, 0.1) is 18.8 Å². The number of nitrogens with zero attached hydrogens (tertiary/aromatic N) is 1. The van der Waals surface area contributed by atoms with E-state index in [0.29, 0.717) is 18.4 Å². The molecule has 1 aliphatic heterocycles. The summed E-state index contributed by atoms with van der Waals surface area (Å²) < 4.78 is 11.8. The van der Waals surface area contributed by atoms with Crippen molar-refractivity contribution >= 4 is 5.97 Å². The van der Waals surface area contributed by atoms with Gasteiger partial charge in [0.2, 0.25) is 0 Å². The number of rotatable bonds is 6. The van der Waals surface area contributed by atoms with Crippen molar-refractivity contribution < 1.29 is 14.3 Å². The van der Waals surface area contributed by atoms with Gasteiger partial charge < -0.3 is 9.47 Å². The minimum atomic E-state index is -0.132. The number of carbonyl (C=O) groups is 1. The molecular weight excluding hydrogens is 254 g/mol. The molecule has 0 unspecified atom stereocenters. The first-order valence-electron chi connectivity index (χ1n) is 7.77. The molecular formula is C16H31NO3. The van der Waals surface area contributed by atoms with Crippen LogP contribution in [0.15, 0.2) is 0 Å². The number of likely N-dealkylation sites (N-methyl/N-ethyl adjacent to an activating group) is 1. The maximum absolute atomic E-state index is 11.8. The van der Waals surface area contributed by atoms with Crippen molar-refractivity contribution in [1.82, 2.24) is 4.90 Å². The largest absolute Gasteiger partial charge is 0.461 e. The van der Waals surface area contributed by atoms with Crippen LogP contribution in [0.2, 0.25) is 0 Å². The molecule has 0 aromatic rings. The first kappa shape index (κ1) is 17.4. The van der Waals surface area contributed by atoms with Crippen molar-refractivity contribution in [3.63, 3.8) is 0 Å². The van der Waals surface area contributed by atoms with Crippen molar-refractivity contribution in [2.45, 2.75) is 65.3 Å². The zero-order valence-electron chi connectivity index (χ0n) is 13.9. The molecule has 0 N–H and O–H groups in total. The summed E-state index contributed by atoms with van der Waals surface area (Å²) >= 11 is 0. The van der Waals surface area contributed by atoms with Gasteiger partial charge in [-0.25, -0.2) is 0 Å². The minimum absolute atomic E-state index is 0.00681. The summed E-state index contributed by atoms with van der Waals surface area (Å²) in [5, 5.41) is 0. The Hall–Kier alpha value is -0.610. The van der Waals surface area contributed by atoms with Crippen LogP contribution in [-0.4, -0.2) is 49.8 Å². The molecule has 0 bridgehead atoms. The number of hydrogen-bond donors (Lipinski definition) is 0. The van der Waals surface area contributed by atoms with E-state index in [1.54, 1.807) is 0 Å². The van der Waals surface area contributed by atoms with Gasteiger partial charge in [0.15, 0.2) is 0 Å². The third kappa shape index (κ3) is 6.23. The van der Waals surface area contributed by atoms with Gasteiger partial charge in [-0.1, -0.05) is 27.7 Å². The highest BCUT2D eigenvalue weighted by molar-refractivity contribution is 5.71. The second kappa shape index (κ2) is 7.99. The summed E-state index contributed by atoms with van der Waals surface area (Å²) in [4.78, 5) is 13.7. The van der Waals surface area contributed by atoms with Gasteiger partial charge in [-0.05, 0) is 32.4 Å². The van der Waals surface area contributed by atoms with Crippen LogP contribution in [0, 0.1) is 11.8 Å². The highest BCUT2D eigenvalue weighted by Crippen LogP contribution is 2.29. The van der Waals surface area contributed by atoms with E-state index < -0.39 is 0 Å². The predicted molar refractivity (Wildman–Crippen MR) is 80.6 cm³/mol. The Morgan fingerprint density at radius 2 is 1.90 bits per heavy atom. The summed E-state index contributed by atoms with van der Waals surface area (Å²) in [5.41, 5.74) is 0. The topological polar surface area (TPSA) is 38.8 Å². The van der Waals surface area contributed by atoms with E-state index in [1.807, 2.05) is 19.0 Å². The molecule has 1 fully saturated rings. The molecule has 0 aromatic carbocycles. The summed E-state index contributed by atoms with van der Waals surface area (Å²) in [6, 6.07) is 0. The average Bonchev–Trinajstić information content (AvgIpc) is 2.25. The number of hydrogen-bond acceptors (Lipinski definition) is 4. The molecule has 3 atom stereocenters. The fourth-order valence-corrected chi connectivity index (χ4v) is 2.69. The first-order chi connectivity index (χ1) is 9.27. The summed E-state index contributed by atoms with van der Waals surface area (Å²) in [7, 11) is 3.76. The van der Waals surface area contributed by atoms with E-state index in [-0.39, 0.29) is 24.3 Å². The highest BCUT2D eigenvalue weighted by Gasteiger charge is 2.33. The lowest BCUT2D eigenvalue weighted by Gasteiger charge is -2.37. The Bertz CT molecular complexity index is 302. The highest BCUT2D eigenvalue weighted by atomic mass is 16.6. The van der Waals surface area contributed by atoms with Gasteiger partial charge >= 0.3 is 5.97 Å². The SMILES string of the molecule is CC(C)C[C@@H]1C[C@H](OC(=O)CN(C)C)C[C@H](C(C)C)O1. The quantitative estimate of drug-likeness (QED) is 0.703. The number of carbonyl (C=O) groups excluding carboxylic acids is 1. The fraction of sp³-hybridized carbons (Fsp3) is 0.938. The minimum Gasteiger partial charge on any atom is -0.461 e. The summed E-state index contributed by atoms with van der Waals surface area (Å²) in [5.74, 6) is 0.928. The lowest BCUT2D eigenvalue weighted by Crippen LogP contribution is -2.41. The lowest BCUT2D eigenvalue weighted by atomic mass is 9.91. The molecule has 1 heterocycles. The molecule has 0 spiro atoms. The zero-order valence-corrected chi connectivity index (χ0v) is 13.9. The second-order valence-corrected chi connectivity index (χ2v) is 6.99. The van der Waals surface area contributed by atoms with E-state index in [2.05, 4.69) is 27.7 Å². The van der Waals surface area contributed by atoms with Gasteiger partial charge in [-0.2, -0.15) is 0 Å². The van der Waals surface area contributed by atoms with Crippen LogP contribution >= 0.6 is 0 Å². The van der Waals surface area contributed by atoms with Crippen molar-refractivity contribution in [2.24, 2.45) is 11.8 Å². The molecule has 20 heavy (non-hydrogen) atoms. The maximum atomic E-state index is 11.8. The Morgan fingerprint density at radius 1 is 1.25 bits per heavy atom. The summed E-state index contributed by atoms with van der Waals surface area (Å²) in [6.07, 6.45) is 3.11. The van der Waals surface area contributed by atoms with Crippen molar-refractivity contribution in [3.05, 3.63) is 0 Å². The van der Waals surface area contributed by atoms with Crippen molar-refractivity contribution in [1.29, 1.82) is 0 Å². The first-order valence-corrected chi connectivity index (χ1v) is 7.77. The molecule has 0 radical (unpaired) electrons. The standard InChI is InChI=1S/C16H31NO3/c1-11(2)7-13-8-14(9-15(19-13)12(3)4)20-16(18)10-17(5)6/h11-15H,7-10H2,1-6H3/t13-,14+,15-/m1/s1. The number of esters is 1. The molecule has 0 saturated carbocycles. The van der Waals surface area contributed by atoms with Crippen LogP contribution in [0.25, 0.3) is 0 Å². The van der Waals surface area contributed by atoms with Crippen LogP contribution < -0.4 is 0 Å². The van der Waals surface area contributed by atoms with Crippen LogP contribution in [0.1, 0.15) is 47.0 Å². The van der Waals surface area contributed by atoms with Crippen molar-refractivity contribution in [3.8, 4) is 0 Å². The van der Waals surface area contributed by atoms with Crippen LogP contribution in [0.3, 0.4) is 0 Å².